The molecule has 1 saturated carbocycles. The van der Waals surface area contributed by atoms with Gasteiger partial charge in [-0.1, -0.05) is 37.5 Å². The number of anilines is 1. The van der Waals surface area contributed by atoms with Crippen molar-refractivity contribution in [1.82, 2.24) is 4.90 Å². The van der Waals surface area contributed by atoms with Crippen LogP contribution in [0.15, 0.2) is 24.3 Å². The van der Waals surface area contributed by atoms with Crippen molar-refractivity contribution in [2.45, 2.75) is 57.0 Å². The minimum atomic E-state index is 0.0619. The van der Waals surface area contributed by atoms with Crippen molar-refractivity contribution in [2.24, 2.45) is 0 Å². The summed E-state index contributed by atoms with van der Waals surface area (Å²) in [6, 6.07) is 9.12. The first-order valence-corrected chi connectivity index (χ1v) is 8.49. The van der Waals surface area contributed by atoms with Gasteiger partial charge < -0.3 is 9.80 Å². The van der Waals surface area contributed by atoms with Crippen LogP contribution in [0, 0.1) is 0 Å². The van der Waals surface area contributed by atoms with Crippen LogP contribution in [0.25, 0.3) is 0 Å². The second-order valence-corrected chi connectivity index (χ2v) is 6.72. The molecule has 0 aromatic heterocycles. The highest BCUT2D eigenvalue weighted by molar-refractivity contribution is 5.89. The predicted octanol–water partition coefficient (Wildman–Crippen LogP) is 2.98. The molecule has 1 unspecified atom stereocenters. The third kappa shape index (κ3) is 2.23. The Bertz CT molecular complexity index is 536. The van der Waals surface area contributed by atoms with E-state index >= 15 is 0 Å². The number of carbonyl (C=O) groups is 1. The molecule has 2 heterocycles. The molecule has 2 aliphatic heterocycles. The highest BCUT2D eigenvalue weighted by atomic mass is 16.2. The fourth-order valence-electron chi connectivity index (χ4n) is 4.42. The molecule has 1 aromatic carbocycles. The van der Waals surface area contributed by atoms with E-state index in [4.69, 9.17) is 0 Å². The summed E-state index contributed by atoms with van der Waals surface area (Å²) in [7, 11) is 0. The second kappa shape index (κ2) is 5.36. The first kappa shape index (κ1) is 13.2. The van der Waals surface area contributed by atoms with Crippen LogP contribution in [0.5, 0.6) is 0 Å². The number of rotatable bonds is 1. The van der Waals surface area contributed by atoms with Crippen molar-refractivity contribution in [1.29, 1.82) is 0 Å². The lowest BCUT2D eigenvalue weighted by atomic mass is 9.93. The Labute approximate surface area is 126 Å². The van der Waals surface area contributed by atoms with Gasteiger partial charge in [0.25, 0.3) is 0 Å². The SMILES string of the molecule is O=C1C2Cc3ccccc3N2CCCN1C1CCCCC1. The monoisotopic (exact) mass is 284 g/mol. The molecule has 3 aliphatic rings. The Morgan fingerprint density at radius 3 is 2.52 bits per heavy atom. The molecule has 1 aromatic rings. The summed E-state index contributed by atoms with van der Waals surface area (Å²) < 4.78 is 0. The summed E-state index contributed by atoms with van der Waals surface area (Å²) in [6.07, 6.45) is 8.37. The zero-order chi connectivity index (χ0) is 14.2. The summed E-state index contributed by atoms with van der Waals surface area (Å²) in [5, 5.41) is 0. The molecule has 1 amide bonds. The van der Waals surface area contributed by atoms with Gasteiger partial charge in [-0.25, -0.2) is 0 Å². The number of benzene rings is 1. The average Bonchev–Trinajstić information content (AvgIpc) is 2.83. The van der Waals surface area contributed by atoms with Gasteiger partial charge in [0.2, 0.25) is 5.91 Å². The van der Waals surface area contributed by atoms with E-state index in [9.17, 15) is 4.79 Å². The fraction of sp³-hybridized carbons (Fsp3) is 0.611. The van der Waals surface area contributed by atoms with Gasteiger partial charge in [0.1, 0.15) is 6.04 Å². The molecule has 1 atom stereocenters. The Morgan fingerprint density at radius 1 is 0.905 bits per heavy atom. The third-order valence-corrected chi connectivity index (χ3v) is 5.47. The van der Waals surface area contributed by atoms with E-state index in [1.165, 1.54) is 43.4 Å². The number of hydrogen-bond acceptors (Lipinski definition) is 2. The van der Waals surface area contributed by atoms with Crippen LogP contribution < -0.4 is 4.90 Å². The number of fused-ring (bicyclic) bond motifs is 3. The van der Waals surface area contributed by atoms with Crippen molar-refractivity contribution >= 4 is 11.6 Å². The minimum Gasteiger partial charge on any atom is -0.359 e. The zero-order valence-corrected chi connectivity index (χ0v) is 12.6. The molecule has 0 bridgehead atoms. The Kier molecular flexibility index (Phi) is 3.36. The number of para-hydroxylation sites is 1. The quantitative estimate of drug-likeness (QED) is 0.791. The molecule has 1 aliphatic carbocycles. The number of carbonyl (C=O) groups excluding carboxylic acids is 1. The molecule has 4 rings (SSSR count). The van der Waals surface area contributed by atoms with Crippen molar-refractivity contribution in [2.75, 3.05) is 18.0 Å². The maximum absolute atomic E-state index is 13.1. The van der Waals surface area contributed by atoms with Crippen molar-refractivity contribution in [3.05, 3.63) is 29.8 Å². The summed E-state index contributed by atoms with van der Waals surface area (Å²) in [4.78, 5) is 17.7. The van der Waals surface area contributed by atoms with Gasteiger partial charge in [-0.2, -0.15) is 0 Å². The standard InChI is InChI=1S/C18H24N2O/c21-18-17-13-14-7-4-5-10-16(14)20(17)12-6-11-19(18)15-8-2-1-3-9-15/h4-5,7,10,15,17H,1-3,6,8-9,11-13H2. The van der Waals surface area contributed by atoms with E-state index in [1.54, 1.807) is 0 Å². The van der Waals surface area contributed by atoms with E-state index in [0.717, 1.165) is 25.9 Å². The summed E-state index contributed by atoms with van der Waals surface area (Å²) in [5.74, 6) is 0.385. The maximum atomic E-state index is 13.1. The van der Waals surface area contributed by atoms with E-state index in [1.807, 2.05) is 0 Å². The molecule has 2 fully saturated rings. The number of hydrogen-bond donors (Lipinski definition) is 0. The predicted molar refractivity (Wildman–Crippen MR) is 84.5 cm³/mol. The number of nitrogens with zero attached hydrogens (tertiary/aromatic N) is 2. The molecule has 112 valence electrons. The fourth-order valence-corrected chi connectivity index (χ4v) is 4.42. The highest BCUT2D eigenvalue weighted by Crippen LogP contribution is 2.35. The minimum absolute atomic E-state index is 0.0619. The molecule has 0 N–H and O–H groups in total. The van der Waals surface area contributed by atoms with E-state index < -0.39 is 0 Å². The Hall–Kier alpha value is -1.51. The van der Waals surface area contributed by atoms with Crippen LogP contribution in [-0.2, 0) is 11.2 Å². The third-order valence-electron chi connectivity index (χ3n) is 5.47. The van der Waals surface area contributed by atoms with Crippen molar-refractivity contribution in [3.8, 4) is 0 Å². The molecule has 21 heavy (non-hydrogen) atoms. The Balaban J connectivity index is 1.59. The first-order chi connectivity index (χ1) is 10.3. The van der Waals surface area contributed by atoms with Crippen molar-refractivity contribution < 1.29 is 4.79 Å². The van der Waals surface area contributed by atoms with Crippen LogP contribution in [0.2, 0.25) is 0 Å². The van der Waals surface area contributed by atoms with Crippen molar-refractivity contribution in [3.63, 3.8) is 0 Å². The summed E-state index contributed by atoms with van der Waals surface area (Å²) in [6.45, 7) is 1.98. The summed E-state index contributed by atoms with van der Waals surface area (Å²) in [5.41, 5.74) is 2.64. The Morgan fingerprint density at radius 2 is 1.67 bits per heavy atom. The lowest BCUT2D eigenvalue weighted by Crippen LogP contribution is -2.49. The van der Waals surface area contributed by atoms with Gasteiger partial charge in [-0.05, 0) is 30.9 Å². The maximum Gasteiger partial charge on any atom is 0.245 e. The molecule has 1 saturated heterocycles. The molecule has 0 radical (unpaired) electrons. The van der Waals surface area contributed by atoms with Gasteiger partial charge in [-0.3, -0.25) is 4.79 Å². The molecular weight excluding hydrogens is 260 g/mol. The van der Waals surface area contributed by atoms with Gasteiger partial charge in [0.15, 0.2) is 0 Å². The van der Waals surface area contributed by atoms with Crippen LogP contribution in [0.1, 0.15) is 44.1 Å². The average molecular weight is 284 g/mol. The van der Waals surface area contributed by atoms with Gasteiger partial charge in [-0.15, -0.1) is 0 Å². The highest BCUT2D eigenvalue weighted by Gasteiger charge is 2.40. The van der Waals surface area contributed by atoms with Gasteiger partial charge >= 0.3 is 0 Å². The van der Waals surface area contributed by atoms with Gasteiger partial charge in [0.05, 0.1) is 0 Å². The lowest BCUT2D eigenvalue weighted by Gasteiger charge is -2.35. The second-order valence-electron chi connectivity index (χ2n) is 6.72. The van der Waals surface area contributed by atoms with Crippen LogP contribution in [0.3, 0.4) is 0 Å². The molecule has 3 heteroatoms. The summed E-state index contributed by atoms with van der Waals surface area (Å²) >= 11 is 0. The molecule has 3 nitrogen and oxygen atoms in total. The normalized spacial score (nSPS) is 26.5. The lowest BCUT2D eigenvalue weighted by molar-refractivity contribution is -0.134. The van der Waals surface area contributed by atoms with Crippen LogP contribution >= 0.6 is 0 Å². The zero-order valence-electron chi connectivity index (χ0n) is 12.6. The van der Waals surface area contributed by atoms with E-state index in [0.29, 0.717) is 11.9 Å². The van der Waals surface area contributed by atoms with Gasteiger partial charge in [0, 0.05) is 31.2 Å². The van der Waals surface area contributed by atoms with E-state index in [2.05, 4.69) is 34.1 Å². The van der Waals surface area contributed by atoms with Crippen LogP contribution in [0.4, 0.5) is 5.69 Å². The van der Waals surface area contributed by atoms with E-state index in [-0.39, 0.29) is 6.04 Å². The first-order valence-electron chi connectivity index (χ1n) is 8.49. The molecule has 0 spiro atoms. The topological polar surface area (TPSA) is 23.6 Å². The largest absolute Gasteiger partial charge is 0.359 e. The van der Waals surface area contributed by atoms with Crippen LogP contribution in [-0.4, -0.2) is 36.0 Å². The number of amides is 1. The molecular formula is C18H24N2O. The smallest absolute Gasteiger partial charge is 0.245 e.